The highest BCUT2D eigenvalue weighted by Gasteiger charge is 1.96. The summed E-state index contributed by atoms with van der Waals surface area (Å²) in [6.07, 6.45) is 0. The lowest BCUT2D eigenvalue weighted by molar-refractivity contribution is 1.14. The minimum atomic E-state index is 0.702. The summed E-state index contributed by atoms with van der Waals surface area (Å²) in [6, 6.07) is 18.1. The van der Waals surface area contributed by atoms with Gasteiger partial charge in [0.1, 0.15) is 0 Å². The van der Waals surface area contributed by atoms with Crippen molar-refractivity contribution in [2.45, 2.75) is 13.5 Å². The van der Waals surface area contributed by atoms with E-state index in [4.69, 9.17) is 5.26 Å². The van der Waals surface area contributed by atoms with Crippen molar-refractivity contribution < 1.29 is 0 Å². The highest BCUT2D eigenvalue weighted by atomic mass is 14.9. The van der Waals surface area contributed by atoms with E-state index in [1.165, 1.54) is 5.56 Å². The van der Waals surface area contributed by atoms with Crippen LogP contribution in [0.25, 0.3) is 0 Å². The van der Waals surface area contributed by atoms with Crippen LogP contribution in [-0.2, 0) is 6.54 Å². The van der Waals surface area contributed by atoms with Crippen molar-refractivity contribution in [2.24, 2.45) is 0 Å². The summed E-state index contributed by atoms with van der Waals surface area (Å²) in [5.41, 5.74) is 4.16. The molecule has 1 N–H and O–H groups in total. The topological polar surface area (TPSA) is 35.8 Å². The maximum absolute atomic E-state index is 8.81. The summed E-state index contributed by atoms with van der Waals surface area (Å²) in [5, 5.41) is 12.1. The molecule has 0 heterocycles. The molecule has 2 aromatic rings. The summed E-state index contributed by atoms with van der Waals surface area (Å²) in [6.45, 7) is 2.80. The van der Waals surface area contributed by atoms with E-state index in [-0.39, 0.29) is 0 Å². The zero-order valence-corrected chi connectivity index (χ0v) is 9.77. The molecule has 17 heavy (non-hydrogen) atoms. The van der Waals surface area contributed by atoms with E-state index in [2.05, 4.69) is 42.6 Å². The molecule has 0 aliphatic heterocycles. The molecule has 2 heteroatoms. The first kappa shape index (κ1) is 11.2. The van der Waals surface area contributed by atoms with Gasteiger partial charge in [0.15, 0.2) is 0 Å². The van der Waals surface area contributed by atoms with Crippen molar-refractivity contribution in [3.8, 4) is 6.07 Å². The third-order valence-corrected chi connectivity index (χ3v) is 2.60. The van der Waals surface area contributed by atoms with Crippen LogP contribution >= 0.6 is 0 Å². The monoisotopic (exact) mass is 222 g/mol. The number of rotatable bonds is 3. The van der Waals surface area contributed by atoms with Crippen LogP contribution in [0.15, 0.2) is 48.5 Å². The van der Waals surface area contributed by atoms with Crippen LogP contribution in [-0.4, -0.2) is 0 Å². The second-order valence-electron chi connectivity index (χ2n) is 4.03. The van der Waals surface area contributed by atoms with Gasteiger partial charge in [-0.1, -0.05) is 29.8 Å². The maximum atomic E-state index is 8.81. The first-order valence-corrected chi connectivity index (χ1v) is 5.57. The molecular formula is C15H14N2. The normalized spacial score (nSPS) is 9.65. The Morgan fingerprint density at radius 2 is 1.88 bits per heavy atom. The fraction of sp³-hybridized carbons (Fsp3) is 0.133. The molecule has 0 unspecified atom stereocenters. The van der Waals surface area contributed by atoms with Crippen molar-refractivity contribution >= 4 is 5.69 Å². The molecule has 2 aromatic carbocycles. The Kier molecular flexibility index (Phi) is 3.42. The fourth-order valence-corrected chi connectivity index (χ4v) is 1.63. The van der Waals surface area contributed by atoms with Crippen molar-refractivity contribution in [2.75, 3.05) is 5.32 Å². The average Bonchev–Trinajstić information content (AvgIpc) is 2.38. The van der Waals surface area contributed by atoms with Crippen molar-refractivity contribution in [3.05, 3.63) is 65.2 Å². The van der Waals surface area contributed by atoms with E-state index in [0.717, 1.165) is 17.8 Å². The van der Waals surface area contributed by atoms with Gasteiger partial charge in [0, 0.05) is 12.2 Å². The van der Waals surface area contributed by atoms with Crippen LogP contribution < -0.4 is 5.32 Å². The van der Waals surface area contributed by atoms with Gasteiger partial charge in [0.2, 0.25) is 0 Å². The van der Waals surface area contributed by atoms with Gasteiger partial charge >= 0.3 is 0 Å². The molecule has 0 amide bonds. The number of nitrogens with zero attached hydrogens (tertiary/aromatic N) is 1. The molecule has 2 nitrogen and oxygen atoms in total. The van der Waals surface area contributed by atoms with Gasteiger partial charge in [-0.05, 0) is 36.8 Å². The average molecular weight is 222 g/mol. The zero-order valence-electron chi connectivity index (χ0n) is 9.77. The van der Waals surface area contributed by atoms with Gasteiger partial charge in [-0.15, -0.1) is 0 Å². The largest absolute Gasteiger partial charge is 0.381 e. The summed E-state index contributed by atoms with van der Waals surface area (Å²) in [5.74, 6) is 0. The second-order valence-corrected chi connectivity index (χ2v) is 4.03. The number of anilines is 1. The number of hydrogen-bond acceptors (Lipinski definition) is 2. The van der Waals surface area contributed by atoms with Crippen LogP contribution in [0.3, 0.4) is 0 Å². The zero-order chi connectivity index (χ0) is 12.1. The second kappa shape index (κ2) is 5.18. The summed E-state index contributed by atoms with van der Waals surface area (Å²) >= 11 is 0. The lowest BCUT2D eigenvalue weighted by atomic mass is 10.1. The van der Waals surface area contributed by atoms with E-state index in [0.29, 0.717) is 5.56 Å². The molecule has 0 spiro atoms. The Morgan fingerprint density at radius 3 is 2.59 bits per heavy atom. The predicted octanol–water partition coefficient (Wildman–Crippen LogP) is 3.48. The molecule has 84 valence electrons. The Hall–Kier alpha value is -2.27. The van der Waals surface area contributed by atoms with Gasteiger partial charge in [-0.3, -0.25) is 0 Å². The first-order chi connectivity index (χ1) is 8.28. The van der Waals surface area contributed by atoms with Crippen LogP contribution in [0.5, 0.6) is 0 Å². The first-order valence-electron chi connectivity index (χ1n) is 5.57. The van der Waals surface area contributed by atoms with Gasteiger partial charge in [0.05, 0.1) is 11.6 Å². The van der Waals surface area contributed by atoms with Gasteiger partial charge in [-0.2, -0.15) is 5.26 Å². The number of benzene rings is 2. The van der Waals surface area contributed by atoms with E-state index in [1.54, 1.807) is 0 Å². The molecule has 0 fully saturated rings. The van der Waals surface area contributed by atoms with Crippen molar-refractivity contribution in [1.82, 2.24) is 0 Å². The standard InChI is InChI=1S/C15H14N2/c1-12-5-7-15(8-6-12)17-11-14-4-2-3-13(9-14)10-16/h2-9,17H,11H2,1H3. The molecule has 0 atom stereocenters. The Morgan fingerprint density at radius 1 is 1.12 bits per heavy atom. The lowest BCUT2D eigenvalue weighted by Gasteiger charge is -2.06. The van der Waals surface area contributed by atoms with Gasteiger partial charge < -0.3 is 5.32 Å². The molecule has 0 bridgehead atoms. The predicted molar refractivity (Wildman–Crippen MR) is 69.7 cm³/mol. The number of aryl methyl sites for hydroxylation is 1. The van der Waals surface area contributed by atoms with Gasteiger partial charge in [0.25, 0.3) is 0 Å². The number of nitrogens with one attached hydrogen (secondary N) is 1. The van der Waals surface area contributed by atoms with Crippen molar-refractivity contribution in [1.29, 1.82) is 5.26 Å². The molecule has 0 saturated heterocycles. The summed E-state index contributed by atoms with van der Waals surface area (Å²) in [4.78, 5) is 0. The third kappa shape index (κ3) is 3.09. The highest BCUT2D eigenvalue weighted by Crippen LogP contribution is 2.11. The SMILES string of the molecule is Cc1ccc(NCc2cccc(C#N)c2)cc1. The molecule has 0 aromatic heterocycles. The summed E-state index contributed by atoms with van der Waals surface area (Å²) in [7, 11) is 0. The van der Waals surface area contributed by atoms with Gasteiger partial charge in [-0.25, -0.2) is 0 Å². The molecule has 0 aliphatic rings. The smallest absolute Gasteiger partial charge is 0.0991 e. The minimum Gasteiger partial charge on any atom is -0.381 e. The van der Waals surface area contributed by atoms with Crippen molar-refractivity contribution in [3.63, 3.8) is 0 Å². The van der Waals surface area contributed by atoms with E-state index < -0.39 is 0 Å². The Bertz CT molecular complexity index is 536. The molecule has 0 aliphatic carbocycles. The number of nitriles is 1. The molecule has 0 radical (unpaired) electrons. The highest BCUT2D eigenvalue weighted by molar-refractivity contribution is 5.45. The third-order valence-electron chi connectivity index (χ3n) is 2.60. The molecular weight excluding hydrogens is 208 g/mol. The van der Waals surface area contributed by atoms with E-state index in [1.807, 2.05) is 24.3 Å². The maximum Gasteiger partial charge on any atom is 0.0991 e. The molecule has 0 saturated carbocycles. The lowest BCUT2D eigenvalue weighted by Crippen LogP contribution is -1.99. The Balaban J connectivity index is 2.02. The Labute approximate surface area is 102 Å². The van der Waals surface area contributed by atoms with E-state index >= 15 is 0 Å². The number of hydrogen-bond donors (Lipinski definition) is 1. The summed E-state index contributed by atoms with van der Waals surface area (Å²) < 4.78 is 0. The van der Waals surface area contributed by atoms with E-state index in [9.17, 15) is 0 Å². The van der Waals surface area contributed by atoms with Crippen LogP contribution in [0.2, 0.25) is 0 Å². The minimum absolute atomic E-state index is 0.702. The molecule has 2 rings (SSSR count). The van der Waals surface area contributed by atoms with Crippen LogP contribution in [0, 0.1) is 18.3 Å². The van der Waals surface area contributed by atoms with Crippen LogP contribution in [0.4, 0.5) is 5.69 Å². The quantitative estimate of drug-likeness (QED) is 0.863. The van der Waals surface area contributed by atoms with Crippen LogP contribution in [0.1, 0.15) is 16.7 Å². The fourth-order valence-electron chi connectivity index (χ4n) is 1.63.